The lowest BCUT2D eigenvalue weighted by Gasteiger charge is -2.64. The van der Waals surface area contributed by atoms with Crippen molar-refractivity contribution in [1.29, 1.82) is 0 Å². The Kier molecular flexibility index (Phi) is 7.98. The van der Waals surface area contributed by atoms with E-state index in [4.69, 9.17) is 10.5 Å². The normalized spacial score (nSPS) is 43.6. The van der Waals surface area contributed by atoms with Gasteiger partial charge in [-0.15, -0.1) is 0 Å². The molecule has 3 saturated carbocycles. The second kappa shape index (κ2) is 10.2. The number of hydrogen-bond acceptors (Lipinski definition) is 3. The van der Waals surface area contributed by atoms with Crippen LogP contribution in [0.25, 0.3) is 0 Å². The van der Waals surface area contributed by atoms with Gasteiger partial charge in [0.2, 0.25) is 0 Å². The van der Waals surface area contributed by atoms with E-state index < -0.39 is 0 Å². The van der Waals surface area contributed by atoms with E-state index in [-0.39, 0.29) is 29.8 Å². The van der Waals surface area contributed by atoms with Gasteiger partial charge in [-0.1, -0.05) is 65.5 Å². The molecule has 4 rings (SSSR count). The van der Waals surface area contributed by atoms with Crippen molar-refractivity contribution in [2.75, 3.05) is 6.61 Å². The van der Waals surface area contributed by atoms with Crippen LogP contribution in [0, 0.1) is 40.4 Å². The molecule has 3 N–H and O–H groups in total. The number of aliphatic hydroxyl groups excluding tert-OH is 1. The molecule has 0 spiro atoms. The van der Waals surface area contributed by atoms with Gasteiger partial charge in [-0.2, -0.15) is 0 Å². The van der Waals surface area contributed by atoms with Gasteiger partial charge in [0.05, 0.1) is 12.2 Å². The van der Waals surface area contributed by atoms with Crippen LogP contribution in [0.5, 0.6) is 0 Å². The summed E-state index contributed by atoms with van der Waals surface area (Å²) < 4.78 is 6.33. The third-order valence-corrected chi connectivity index (χ3v) is 11.6. The highest BCUT2D eigenvalue weighted by molar-refractivity contribution is 5.32. The molecular weight excluding hydrogens is 418 g/mol. The van der Waals surface area contributed by atoms with E-state index in [1.165, 1.54) is 51.4 Å². The summed E-state index contributed by atoms with van der Waals surface area (Å²) >= 11 is 0. The Hall–Kier alpha value is -0.380. The van der Waals surface area contributed by atoms with Crippen molar-refractivity contribution in [3.05, 3.63) is 11.6 Å². The van der Waals surface area contributed by atoms with Gasteiger partial charge in [-0.05, 0) is 99.7 Å². The number of fused-ring (bicyclic) bond motifs is 5. The van der Waals surface area contributed by atoms with Gasteiger partial charge in [0.1, 0.15) is 0 Å². The van der Waals surface area contributed by atoms with Crippen LogP contribution in [0.1, 0.15) is 119 Å². The summed E-state index contributed by atoms with van der Waals surface area (Å²) in [4.78, 5) is 0. The predicted octanol–water partition coefficient (Wildman–Crippen LogP) is 7.27. The van der Waals surface area contributed by atoms with Crippen LogP contribution in [-0.4, -0.2) is 29.5 Å². The molecule has 4 aliphatic rings. The van der Waals surface area contributed by atoms with Crippen molar-refractivity contribution in [3.8, 4) is 0 Å². The standard InChI is InChI=1S/C31H55NO2/c1-21(2)8-7-9-22(3)26-12-13-27-28-11-10-24-20-25(34-23(4)15-19-33)14-16-30(24,6)31(28,32)18-17-29(26,27)5/h10,21-23,25-28,33H,7-9,11-20,32H2,1-6H3/t22-,23?,25+,26-,27+,28+,29-,30+,31-/m1/s1. The first kappa shape index (κ1) is 26.7. The highest BCUT2D eigenvalue weighted by Gasteiger charge is 2.64. The van der Waals surface area contributed by atoms with Crippen molar-refractivity contribution < 1.29 is 9.84 Å². The minimum absolute atomic E-state index is 0.0568. The van der Waals surface area contributed by atoms with E-state index in [0.717, 1.165) is 49.4 Å². The molecule has 4 aliphatic carbocycles. The van der Waals surface area contributed by atoms with Crippen molar-refractivity contribution in [2.45, 2.75) is 136 Å². The molecule has 34 heavy (non-hydrogen) atoms. The lowest BCUT2D eigenvalue weighted by Crippen LogP contribution is -2.67. The smallest absolute Gasteiger partial charge is 0.0616 e. The van der Waals surface area contributed by atoms with Crippen molar-refractivity contribution in [1.82, 2.24) is 0 Å². The zero-order valence-electron chi connectivity index (χ0n) is 23.2. The first-order valence-electron chi connectivity index (χ1n) is 14.8. The van der Waals surface area contributed by atoms with Crippen LogP contribution in [-0.2, 0) is 4.74 Å². The highest BCUT2D eigenvalue weighted by Crippen LogP contribution is 2.68. The third kappa shape index (κ3) is 4.56. The van der Waals surface area contributed by atoms with Crippen LogP contribution in [0.2, 0.25) is 0 Å². The lowest BCUT2D eigenvalue weighted by molar-refractivity contribution is -0.0884. The number of nitrogens with two attached hydrogens (primary N) is 1. The Morgan fingerprint density at radius 1 is 1.00 bits per heavy atom. The molecule has 3 heteroatoms. The molecule has 0 heterocycles. The molecule has 0 aromatic rings. The number of hydrogen-bond donors (Lipinski definition) is 2. The molecule has 0 bridgehead atoms. The molecule has 0 aromatic carbocycles. The predicted molar refractivity (Wildman–Crippen MR) is 143 cm³/mol. The third-order valence-electron chi connectivity index (χ3n) is 11.6. The second-order valence-corrected chi connectivity index (χ2v) is 13.9. The quantitative estimate of drug-likeness (QED) is 0.346. The fourth-order valence-corrected chi connectivity index (χ4v) is 9.38. The number of rotatable bonds is 9. The molecule has 0 amide bonds. The maximum Gasteiger partial charge on any atom is 0.0616 e. The molecule has 0 aliphatic heterocycles. The van der Waals surface area contributed by atoms with E-state index in [2.05, 4.69) is 47.6 Å². The average Bonchev–Trinajstić information content (AvgIpc) is 3.12. The minimum Gasteiger partial charge on any atom is -0.396 e. The first-order chi connectivity index (χ1) is 16.0. The molecule has 0 radical (unpaired) electrons. The Balaban J connectivity index is 1.48. The SMILES string of the molecule is CC(C)CCC[C@@H](C)[C@H]1CC[C@H]2[C@@H]3CC=C4C[C@@H](OC(C)CCO)CC[C@]4(C)[C@@]3(N)CC[C@]12C. The zero-order valence-corrected chi connectivity index (χ0v) is 23.2. The summed E-state index contributed by atoms with van der Waals surface area (Å²) in [5, 5.41) is 9.26. The summed E-state index contributed by atoms with van der Waals surface area (Å²) in [6.45, 7) is 14.7. The van der Waals surface area contributed by atoms with E-state index in [1.54, 1.807) is 5.57 Å². The Bertz CT molecular complexity index is 733. The summed E-state index contributed by atoms with van der Waals surface area (Å²) in [6.07, 6.45) is 17.7. The fraction of sp³-hybridized carbons (Fsp3) is 0.935. The van der Waals surface area contributed by atoms with Gasteiger partial charge in [0, 0.05) is 17.6 Å². The Morgan fingerprint density at radius 3 is 2.47 bits per heavy atom. The monoisotopic (exact) mass is 473 g/mol. The fourth-order valence-electron chi connectivity index (χ4n) is 9.38. The van der Waals surface area contributed by atoms with Crippen molar-refractivity contribution in [3.63, 3.8) is 0 Å². The van der Waals surface area contributed by atoms with E-state index in [1.807, 2.05) is 0 Å². The summed E-state index contributed by atoms with van der Waals surface area (Å²) in [5.74, 6) is 3.98. The maximum atomic E-state index is 9.26. The molecule has 0 saturated heterocycles. The maximum absolute atomic E-state index is 9.26. The van der Waals surface area contributed by atoms with Crippen LogP contribution in [0.4, 0.5) is 0 Å². The van der Waals surface area contributed by atoms with E-state index >= 15 is 0 Å². The van der Waals surface area contributed by atoms with Gasteiger partial charge in [0.15, 0.2) is 0 Å². The van der Waals surface area contributed by atoms with E-state index in [0.29, 0.717) is 11.3 Å². The van der Waals surface area contributed by atoms with Crippen LogP contribution >= 0.6 is 0 Å². The molecule has 3 nitrogen and oxygen atoms in total. The summed E-state index contributed by atoms with van der Waals surface area (Å²) in [7, 11) is 0. The minimum atomic E-state index is -0.0568. The van der Waals surface area contributed by atoms with Gasteiger partial charge in [-0.3, -0.25) is 0 Å². The highest BCUT2D eigenvalue weighted by atomic mass is 16.5. The molecular formula is C31H55NO2. The van der Waals surface area contributed by atoms with E-state index in [9.17, 15) is 5.11 Å². The van der Waals surface area contributed by atoms with Crippen LogP contribution in [0.15, 0.2) is 11.6 Å². The second-order valence-electron chi connectivity index (χ2n) is 13.9. The Labute approximate surface area is 210 Å². The van der Waals surface area contributed by atoms with Crippen molar-refractivity contribution in [2.24, 2.45) is 46.2 Å². The number of aliphatic hydroxyl groups is 1. The molecule has 1 unspecified atom stereocenters. The van der Waals surface area contributed by atoms with Gasteiger partial charge in [-0.25, -0.2) is 0 Å². The average molecular weight is 474 g/mol. The van der Waals surface area contributed by atoms with Crippen LogP contribution < -0.4 is 5.73 Å². The molecule has 9 atom stereocenters. The van der Waals surface area contributed by atoms with Crippen molar-refractivity contribution >= 4 is 0 Å². The zero-order chi connectivity index (χ0) is 24.7. The Morgan fingerprint density at radius 2 is 1.76 bits per heavy atom. The number of allylic oxidation sites excluding steroid dienone is 1. The first-order valence-corrected chi connectivity index (χ1v) is 14.8. The number of ether oxygens (including phenoxy) is 1. The molecule has 196 valence electrons. The summed E-state index contributed by atoms with van der Waals surface area (Å²) in [6, 6.07) is 0. The largest absolute Gasteiger partial charge is 0.396 e. The topological polar surface area (TPSA) is 55.5 Å². The van der Waals surface area contributed by atoms with Gasteiger partial charge in [0.25, 0.3) is 0 Å². The van der Waals surface area contributed by atoms with Crippen LogP contribution in [0.3, 0.4) is 0 Å². The lowest BCUT2D eigenvalue weighted by atomic mass is 9.43. The van der Waals surface area contributed by atoms with Gasteiger partial charge < -0.3 is 15.6 Å². The van der Waals surface area contributed by atoms with Gasteiger partial charge >= 0.3 is 0 Å². The summed E-state index contributed by atoms with van der Waals surface area (Å²) in [5.41, 5.74) is 9.71. The molecule has 3 fully saturated rings. The molecule has 0 aromatic heterocycles.